The van der Waals surface area contributed by atoms with Crippen molar-refractivity contribution in [1.82, 2.24) is 4.57 Å². The molecule has 0 bridgehead atoms. The number of carbonyl (C=O) groups is 1. The number of hydrogen-bond acceptors (Lipinski definition) is 6. The number of nitrogens with two attached hydrogens (primary N) is 1. The second kappa shape index (κ2) is 7.63. The van der Waals surface area contributed by atoms with Crippen molar-refractivity contribution < 1.29 is 31.9 Å². The van der Waals surface area contributed by atoms with E-state index in [1.165, 1.54) is 6.26 Å². The molecule has 10 heteroatoms. The first-order valence-electron chi connectivity index (χ1n) is 8.12. The van der Waals surface area contributed by atoms with E-state index in [4.69, 9.17) is 14.9 Å². The fraction of sp³-hybridized carbons (Fsp3) is 0.158. The third-order valence-electron chi connectivity index (χ3n) is 4.04. The van der Waals surface area contributed by atoms with E-state index in [1.54, 1.807) is 18.2 Å². The number of alkyl halides is 3. The highest BCUT2D eigenvalue weighted by atomic mass is 19.4. The Balaban J connectivity index is 2.18. The van der Waals surface area contributed by atoms with Crippen molar-refractivity contribution in [3.63, 3.8) is 0 Å². The van der Waals surface area contributed by atoms with Crippen LogP contribution in [0.3, 0.4) is 0 Å². The summed E-state index contributed by atoms with van der Waals surface area (Å²) < 4.78 is 56.3. The molecule has 0 aliphatic rings. The van der Waals surface area contributed by atoms with Crippen LogP contribution in [0.15, 0.2) is 47.2 Å². The van der Waals surface area contributed by atoms with Gasteiger partial charge in [-0.1, -0.05) is 0 Å². The number of ether oxygens (including phenoxy) is 2. The minimum atomic E-state index is -4.64. The second-order valence-corrected chi connectivity index (χ2v) is 5.83. The maximum atomic E-state index is 13.3. The van der Waals surface area contributed by atoms with Crippen molar-refractivity contribution in [1.29, 1.82) is 5.26 Å². The Morgan fingerprint density at radius 2 is 2.10 bits per heavy atom. The number of nitrogens with zero attached hydrogens (tertiary/aromatic N) is 2. The molecule has 2 N–H and O–H groups in total. The number of methoxy groups -OCH3 is 1. The van der Waals surface area contributed by atoms with Gasteiger partial charge in [0, 0.05) is 6.20 Å². The van der Waals surface area contributed by atoms with Gasteiger partial charge in [-0.05, 0) is 30.3 Å². The van der Waals surface area contributed by atoms with Crippen LogP contribution in [0.4, 0.5) is 18.9 Å². The van der Waals surface area contributed by atoms with E-state index in [2.05, 4.69) is 4.74 Å². The minimum absolute atomic E-state index is 0.0130. The van der Waals surface area contributed by atoms with Crippen LogP contribution in [-0.2, 0) is 17.5 Å². The molecule has 0 spiro atoms. The normalized spacial score (nSPS) is 11.1. The molecule has 150 valence electrons. The lowest BCUT2D eigenvalue weighted by Crippen LogP contribution is -2.13. The SMILES string of the molecule is COC(=O)c1c(N)c(C#N)cn1-c1cc(C(F)(F)F)ccc1OCc1ccco1. The molecule has 2 heterocycles. The summed E-state index contributed by atoms with van der Waals surface area (Å²) in [4.78, 5) is 12.2. The topological polar surface area (TPSA) is 103 Å². The van der Waals surface area contributed by atoms with Gasteiger partial charge in [0.25, 0.3) is 0 Å². The molecule has 0 fully saturated rings. The zero-order valence-corrected chi connectivity index (χ0v) is 15.0. The summed E-state index contributed by atoms with van der Waals surface area (Å²) in [5.74, 6) is -0.466. The Bertz CT molecular complexity index is 1080. The smallest absolute Gasteiger partial charge is 0.416 e. The monoisotopic (exact) mass is 405 g/mol. The van der Waals surface area contributed by atoms with Gasteiger partial charge in [0.2, 0.25) is 0 Å². The largest absolute Gasteiger partial charge is 0.483 e. The van der Waals surface area contributed by atoms with Gasteiger partial charge < -0.3 is 24.2 Å². The molecule has 0 saturated heterocycles. The lowest BCUT2D eigenvalue weighted by Gasteiger charge is -2.16. The first-order valence-corrected chi connectivity index (χ1v) is 8.12. The highest BCUT2D eigenvalue weighted by Gasteiger charge is 2.32. The summed E-state index contributed by atoms with van der Waals surface area (Å²) in [6.07, 6.45) is -2.07. The minimum Gasteiger partial charge on any atom is -0.483 e. The van der Waals surface area contributed by atoms with Crippen molar-refractivity contribution in [2.45, 2.75) is 12.8 Å². The summed E-state index contributed by atoms with van der Waals surface area (Å²) in [7, 11) is 1.09. The summed E-state index contributed by atoms with van der Waals surface area (Å²) >= 11 is 0. The maximum absolute atomic E-state index is 13.3. The fourth-order valence-electron chi connectivity index (χ4n) is 2.65. The Hall–Kier alpha value is -3.87. The summed E-state index contributed by atoms with van der Waals surface area (Å²) in [6.45, 7) is -0.0687. The number of halogens is 3. The number of nitrogen functional groups attached to an aromatic ring is 1. The first-order chi connectivity index (χ1) is 13.8. The highest BCUT2D eigenvalue weighted by molar-refractivity contribution is 5.96. The second-order valence-electron chi connectivity index (χ2n) is 5.83. The summed E-state index contributed by atoms with van der Waals surface area (Å²) in [5.41, 5.74) is 4.12. The van der Waals surface area contributed by atoms with Gasteiger partial charge in [0.05, 0.1) is 35.9 Å². The zero-order chi connectivity index (χ0) is 21.2. The van der Waals surface area contributed by atoms with Gasteiger partial charge in [-0.15, -0.1) is 0 Å². The highest BCUT2D eigenvalue weighted by Crippen LogP contribution is 2.36. The van der Waals surface area contributed by atoms with E-state index in [9.17, 15) is 23.2 Å². The molecule has 0 aliphatic heterocycles. The molecule has 2 aromatic heterocycles. The van der Waals surface area contributed by atoms with Crippen molar-refractivity contribution in [3.05, 3.63) is 65.4 Å². The zero-order valence-electron chi connectivity index (χ0n) is 15.0. The number of nitriles is 1. The van der Waals surface area contributed by atoms with Crippen LogP contribution in [0.25, 0.3) is 5.69 Å². The lowest BCUT2D eigenvalue weighted by molar-refractivity contribution is -0.137. The third kappa shape index (κ3) is 3.89. The molecule has 7 nitrogen and oxygen atoms in total. The van der Waals surface area contributed by atoms with E-state index in [0.717, 1.165) is 36.1 Å². The molecule has 0 aliphatic carbocycles. The van der Waals surface area contributed by atoms with E-state index >= 15 is 0 Å². The van der Waals surface area contributed by atoms with Gasteiger partial charge in [0.1, 0.15) is 24.2 Å². The molecule has 1 aromatic carbocycles. The molecule has 29 heavy (non-hydrogen) atoms. The summed E-state index contributed by atoms with van der Waals surface area (Å²) in [5, 5.41) is 9.22. The molecule has 0 amide bonds. The van der Waals surface area contributed by atoms with Gasteiger partial charge in [0.15, 0.2) is 5.69 Å². The summed E-state index contributed by atoms with van der Waals surface area (Å²) in [6, 6.07) is 7.81. The number of carbonyl (C=O) groups excluding carboxylic acids is 1. The van der Waals surface area contributed by atoms with Crippen LogP contribution in [0.1, 0.15) is 27.4 Å². The number of esters is 1. The third-order valence-corrected chi connectivity index (χ3v) is 4.04. The number of aromatic nitrogens is 1. The Kier molecular flexibility index (Phi) is 5.23. The molecule has 0 atom stereocenters. The molecule has 3 rings (SSSR count). The van der Waals surface area contributed by atoms with Crippen LogP contribution < -0.4 is 10.5 Å². The fourth-order valence-corrected chi connectivity index (χ4v) is 2.65. The molecule has 0 saturated carbocycles. The number of benzene rings is 1. The molecule has 0 radical (unpaired) electrons. The van der Waals surface area contributed by atoms with Crippen molar-refractivity contribution in [2.24, 2.45) is 0 Å². The average molecular weight is 405 g/mol. The molecular weight excluding hydrogens is 391 g/mol. The average Bonchev–Trinajstić information content (AvgIpc) is 3.32. The predicted molar refractivity (Wildman–Crippen MR) is 94.3 cm³/mol. The molecule has 0 unspecified atom stereocenters. The first kappa shape index (κ1) is 19.9. The van der Waals surface area contributed by atoms with Crippen LogP contribution >= 0.6 is 0 Å². The van der Waals surface area contributed by atoms with E-state index in [0.29, 0.717) is 5.76 Å². The van der Waals surface area contributed by atoms with Crippen LogP contribution in [0.2, 0.25) is 0 Å². The Morgan fingerprint density at radius 3 is 2.69 bits per heavy atom. The quantitative estimate of drug-likeness (QED) is 0.646. The van der Waals surface area contributed by atoms with Crippen LogP contribution in [0.5, 0.6) is 5.75 Å². The van der Waals surface area contributed by atoms with E-state index < -0.39 is 17.7 Å². The van der Waals surface area contributed by atoms with Gasteiger partial charge in [-0.3, -0.25) is 0 Å². The number of rotatable bonds is 5. The van der Waals surface area contributed by atoms with Crippen molar-refractivity contribution in [2.75, 3.05) is 12.8 Å². The number of furan rings is 1. The van der Waals surface area contributed by atoms with Gasteiger partial charge >= 0.3 is 12.1 Å². The van der Waals surface area contributed by atoms with E-state index in [1.807, 2.05) is 0 Å². The van der Waals surface area contributed by atoms with E-state index in [-0.39, 0.29) is 35.0 Å². The van der Waals surface area contributed by atoms with Crippen molar-refractivity contribution in [3.8, 4) is 17.5 Å². The standard InChI is InChI=1S/C19H14F3N3O4/c1-27-18(26)17-16(24)11(8-23)9-25(17)14-7-12(19(20,21)22)4-5-15(14)29-10-13-3-2-6-28-13/h2-7,9H,10,24H2,1H3. The van der Waals surface area contributed by atoms with Crippen LogP contribution in [-0.4, -0.2) is 17.6 Å². The lowest BCUT2D eigenvalue weighted by atomic mass is 10.1. The van der Waals surface area contributed by atoms with Crippen molar-refractivity contribution >= 4 is 11.7 Å². The van der Waals surface area contributed by atoms with Crippen LogP contribution in [0, 0.1) is 11.3 Å². The number of anilines is 1. The Morgan fingerprint density at radius 1 is 1.34 bits per heavy atom. The predicted octanol–water partition coefficient (Wildman–Crippen LogP) is 3.91. The number of hydrogen-bond donors (Lipinski definition) is 1. The Labute approximate surface area is 162 Å². The molecular formula is C19H14F3N3O4. The van der Waals surface area contributed by atoms with Gasteiger partial charge in [-0.25, -0.2) is 4.79 Å². The maximum Gasteiger partial charge on any atom is 0.416 e. The van der Waals surface area contributed by atoms with Gasteiger partial charge in [-0.2, -0.15) is 18.4 Å². The molecule has 3 aromatic rings.